The van der Waals surface area contributed by atoms with Crippen molar-refractivity contribution in [2.75, 3.05) is 7.11 Å². The molecule has 0 bridgehead atoms. The summed E-state index contributed by atoms with van der Waals surface area (Å²) in [5.41, 5.74) is 7.33. The van der Waals surface area contributed by atoms with E-state index < -0.39 is 5.91 Å². The summed E-state index contributed by atoms with van der Waals surface area (Å²) in [7, 11) is 1.53. The molecule has 0 saturated heterocycles. The lowest BCUT2D eigenvalue weighted by Gasteiger charge is -2.12. The predicted molar refractivity (Wildman–Crippen MR) is 92.7 cm³/mol. The molecule has 128 valence electrons. The molecule has 0 aliphatic rings. The highest BCUT2D eigenvalue weighted by Crippen LogP contribution is 2.33. The molecule has 3 rings (SSSR count). The Bertz CT molecular complexity index is 893. The van der Waals surface area contributed by atoms with E-state index in [4.69, 9.17) is 26.8 Å². The van der Waals surface area contributed by atoms with E-state index in [1.807, 2.05) is 12.1 Å². The Morgan fingerprint density at radius 3 is 2.60 bits per heavy atom. The molecule has 3 N–H and O–H groups in total. The molecule has 8 heteroatoms. The zero-order valence-electron chi connectivity index (χ0n) is 13.3. The molecule has 0 fully saturated rings. The third kappa shape index (κ3) is 3.72. The molecule has 1 aromatic heterocycles. The van der Waals surface area contributed by atoms with Crippen molar-refractivity contribution in [1.82, 2.24) is 15.4 Å². The van der Waals surface area contributed by atoms with Gasteiger partial charge in [0, 0.05) is 10.6 Å². The number of hydrogen-bond acceptors (Lipinski definition) is 5. The minimum atomic E-state index is -0.661. The van der Waals surface area contributed by atoms with Gasteiger partial charge in [-0.2, -0.15) is 15.4 Å². The minimum Gasteiger partial charge on any atom is -0.493 e. The van der Waals surface area contributed by atoms with Gasteiger partial charge in [0.15, 0.2) is 17.2 Å². The molecule has 0 radical (unpaired) electrons. The van der Waals surface area contributed by atoms with Crippen LogP contribution in [0.2, 0.25) is 5.02 Å². The average molecular weight is 359 g/mol. The van der Waals surface area contributed by atoms with Crippen molar-refractivity contribution >= 4 is 17.5 Å². The molecule has 0 atom stereocenters. The number of carbonyl (C=O) groups excluding carboxylic acids is 1. The second-order valence-electron chi connectivity index (χ2n) is 5.17. The highest BCUT2D eigenvalue weighted by molar-refractivity contribution is 6.30. The summed E-state index contributed by atoms with van der Waals surface area (Å²) in [4.78, 5) is 11.4. The highest BCUT2D eigenvalue weighted by atomic mass is 35.5. The normalized spacial score (nSPS) is 10.5. The van der Waals surface area contributed by atoms with E-state index in [1.165, 1.54) is 7.11 Å². The zero-order chi connectivity index (χ0) is 17.8. The van der Waals surface area contributed by atoms with Crippen molar-refractivity contribution in [2.24, 2.45) is 5.73 Å². The number of rotatable bonds is 6. The van der Waals surface area contributed by atoms with Crippen molar-refractivity contribution in [2.45, 2.75) is 6.61 Å². The number of primary amides is 1. The first kappa shape index (κ1) is 16.8. The van der Waals surface area contributed by atoms with Crippen molar-refractivity contribution in [3.8, 4) is 22.8 Å². The maximum atomic E-state index is 11.4. The van der Waals surface area contributed by atoms with Crippen molar-refractivity contribution in [3.05, 3.63) is 58.7 Å². The molecule has 0 aliphatic carbocycles. The molecule has 7 nitrogen and oxygen atoms in total. The first-order valence-electron chi connectivity index (χ1n) is 7.34. The lowest BCUT2D eigenvalue weighted by molar-refractivity contribution is 0.0996. The van der Waals surface area contributed by atoms with Gasteiger partial charge in [0.05, 0.1) is 7.11 Å². The number of nitrogens with one attached hydrogen (secondary N) is 1. The van der Waals surface area contributed by atoms with E-state index >= 15 is 0 Å². The van der Waals surface area contributed by atoms with Crippen LogP contribution >= 0.6 is 11.6 Å². The molecular formula is C17H15ClN4O3. The molecule has 0 spiro atoms. The van der Waals surface area contributed by atoms with Gasteiger partial charge in [-0.1, -0.05) is 23.7 Å². The van der Waals surface area contributed by atoms with Gasteiger partial charge in [0.25, 0.3) is 5.91 Å². The molecule has 1 amide bonds. The monoisotopic (exact) mass is 358 g/mol. The topological polar surface area (TPSA) is 103 Å². The van der Waals surface area contributed by atoms with Crippen molar-refractivity contribution in [1.29, 1.82) is 0 Å². The molecular weight excluding hydrogens is 344 g/mol. The largest absolute Gasteiger partial charge is 0.493 e. The van der Waals surface area contributed by atoms with Crippen LogP contribution in [0.15, 0.2) is 42.5 Å². The second-order valence-corrected chi connectivity index (χ2v) is 5.60. The van der Waals surface area contributed by atoms with Crippen molar-refractivity contribution in [3.63, 3.8) is 0 Å². The van der Waals surface area contributed by atoms with Gasteiger partial charge in [-0.05, 0) is 35.9 Å². The lowest BCUT2D eigenvalue weighted by atomic mass is 10.1. The third-order valence-electron chi connectivity index (χ3n) is 3.53. The van der Waals surface area contributed by atoms with Crippen molar-refractivity contribution < 1.29 is 14.3 Å². The van der Waals surface area contributed by atoms with Gasteiger partial charge >= 0.3 is 0 Å². The smallest absolute Gasteiger partial charge is 0.271 e. The number of amides is 1. The Labute approximate surface area is 148 Å². The summed E-state index contributed by atoms with van der Waals surface area (Å²) in [6.07, 6.45) is 0. The van der Waals surface area contributed by atoms with Crippen LogP contribution in [0.25, 0.3) is 11.3 Å². The average Bonchev–Trinajstić information content (AvgIpc) is 3.11. The minimum absolute atomic E-state index is 0.0666. The van der Waals surface area contributed by atoms with Gasteiger partial charge in [-0.25, -0.2) is 0 Å². The Kier molecular flexibility index (Phi) is 4.85. The molecule has 1 heterocycles. The van der Waals surface area contributed by atoms with E-state index in [0.717, 1.165) is 5.56 Å². The number of methoxy groups -OCH3 is 1. The fourth-order valence-corrected chi connectivity index (χ4v) is 2.41. The lowest BCUT2D eigenvalue weighted by Crippen LogP contribution is -2.12. The quantitative estimate of drug-likeness (QED) is 0.705. The summed E-state index contributed by atoms with van der Waals surface area (Å²) in [6.45, 7) is 0.364. The summed E-state index contributed by atoms with van der Waals surface area (Å²) >= 11 is 5.87. The van der Waals surface area contributed by atoms with Gasteiger partial charge in [-0.3, -0.25) is 4.79 Å². The first-order valence-corrected chi connectivity index (χ1v) is 7.72. The van der Waals surface area contributed by atoms with Crippen LogP contribution in [0.3, 0.4) is 0 Å². The fourth-order valence-electron chi connectivity index (χ4n) is 2.28. The second kappa shape index (κ2) is 7.23. The van der Waals surface area contributed by atoms with E-state index in [1.54, 1.807) is 30.3 Å². The van der Waals surface area contributed by atoms with E-state index in [0.29, 0.717) is 34.4 Å². The number of benzene rings is 2. The van der Waals surface area contributed by atoms with E-state index in [-0.39, 0.29) is 5.69 Å². The number of nitrogens with two attached hydrogens (primary N) is 1. The standard InChI is InChI=1S/C17H15ClN4O3/c1-24-14-8-11(15-16(17(19)23)21-22-20-15)4-7-13(14)25-9-10-2-5-12(18)6-3-10/h2-8H,9H2,1H3,(H2,19,23)(H,20,21,22). The predicted octanol–water partition coefficient (Wildman–Crippen LogP) is 2.81. The van der Waals surface area contributed by atoms with Crippen LogP contribution in [0.4, 0.5) is 0 Å². The van der Waals surface area contributed by atoms with Crippen LogP contribution in [0.5, 0.6) is 11.5 Å². The molecule has 0 unspecified atom stereocenters. The summed E-state index contributed by atoms with van der Waals surface area (Å²) in [6, 6.07) is 12.6. The van der Waals surface area contributed by atoms with Gasteiger partial charge in [0.1, 0.15) is 12.3 Å². The van der Waals surface area contributed by atoms with Gasteiger partial charge in [0.2, 0.25) is 0 Å². The van der Waals surface area contributed by atoms with Gasteiger partial charge in [-0.15, -0.1) is 0 Å². The number of ether oxygens (including phenoxy) is 2. The fraction of sp³-hybridized carbons (Fsp3) is 0.118. The van der Waals surface area contributed by atoms with Crippen LogP contribution < -0.4 is 15.2 Å². The number of hydrogen-bond donors (Lipinski definition) is 2. The van der Waals surface area contributed by atoms with Crippen LogP contribution in [0.1, 0.15) is 16.1 Å². The molecule has 0 saturated carbocycles. The summed E-state index contributed by atoms with van der Waals surface area (Å²) < 4.78 is 11.2. The Morgan fingerprint density at radius 2 is 1.92 bits per heavy atom. The number of carbonyl (C=O) groups is 1. The Balaban J connectivity index is 1.83. The van der Waals surface area contributed by atoms with Crippen LogP contribution in [-0.4, -0.2) is 28.4 Å². The summed E-state index contributed by atoms with van der Waals surface area (Å²) in [5.74, 6) is 0.404. The highest BCUT2D eigenvalue weighted by Gasteiger charge is 2.17. The SMILES string of the molecule is COc1cc(-c2n[nH]nc2C(N)=O)ccc1OCc1ccc(Cl)cc1. The number of aromatic nitrogens is 3. The zero-order valence-corrected chi connectivity index (χ0v) is 14.1. The van der Waals surface area contributed by atoms with Crippen LogP contribution in [-0.2, 0) is 6.61 Å². The molecule has 25 heavy (non-hydrogen) atoms. The Hall–Kier alpha value is -3.06. The van der Waals surface area contributed by atoms with E-state index in [9.17, 15) is 4.79 Å². The maximum absolute atomic E-state index is 11.4. The number of halogens is 1. The third-order valence-corrected chi connectivity index (χ3v) is 3.78. The summed E-state index contributed by atoms with van der Waals surface area (Å²) in [5, 5.41) is 10.8. The number of nitrogens with zero attached hydrogens (tertiary/aromatic N) is 2. The maximum Gasteiger partial charge on any atom is 0.271 e. The molecule has 3 aromatic rings. The first-order chi connectivity index (χ1) is 12.1. The molecule has 0 aliphatic heterocycles. The molecule has 2 aromatic carbocycles. The van der Waals surface area contributed by atoms with Crippen LogP contribution in [0, 0.1) is 0 Å². The van der Waals surface area contributed by atoms with Gasteiger partial charge < -0.3 is 15.2 Å². The number of aromatic amines is 1. The van der Waals surface area contributed by atoms with E-state index in [2.05, 4.69) is 15.4 Å². The number of H-pyrrole nitrogens is 1. The Morgan fingerprint density at radius 1 is 1.16 bits per heavy atom.